The van der Waals surface area contributed by atoms with Crippen LogP contribution in [-0.2, 0) is 0 Å². The van der Waals surface area contributed by atoms with E-state index in [1.165, 1.54) is 18.2 Å². The summed E-state index contributed by atoms with van der Waals surface area (Å²) in [6.07, 6.45) is 1.63. The van der Waals surface area contributed by atoms with Crippen LogP contribution in [0, 0.1) is 11.6 Å². The molecule has 0 aliphatic rings. The molecule has 2 aromatic rings. The summed E-state index contributed by atoms with van der Waals surface area (Å²) in [6, 6.07) is 6.88. The molecule has 1 aromatic carbocycles. The minimum atomic E-state index is -0.560. The zero-order valence-corrected chi connectivity index (χ0v) is 11.2. The first-order valence-corrected chi connectivity index (χ1v) is 6.20. The van der Waals surface area contributed by atoms with Crippen molar-refractivity contribution in [2.45, 2.75) is 13.0 Å². The lowest BCUT2D eigenvalue weighted by Crippen LogP contribution is -2.11. The number of anilines is 1. The summed E-state index contributed by atoms with van der Waals surface area (Å²) in [5.41, 5.74) is 0.709. The molecule has 0 amide bonds. The Morgan fingerprint density at radius 1 is 1.17 bits per heavy atom. The van der Waals surface area contributed by atoms with Gasteiger partial charge in [-0.25, -0.2) is 13.8 Å². The van der Waals surface area contributed by atoms with Crippen LogP contribution >= 0.6 is 15.9 Å². The second-order valence-corrected chi connectivity index (χ2v) is 4.59. The van der Waals surface area contributed by atoms with Gasteiger partial charge >= 0.3 is 0 Å². The number of pyridine rings is 1. The Morgan fingerprint density at radius 3 is 2.44 bits per heavy atom. The van der Waals surface area contributed by atoms with Gasteiger partial charge in [-0.2, -0.15) is 0 Å². The third-order valence-corrected chi connectivity index (χ3v) is 3.20. The van der Waals surface area contributed by atoms with E-state index in [4.69, 9.17) is 0 Å². The molecule has 1 N–H and O–H groups in total. The van der Waals surface area contributed by atoms with Crippen LogP contribution in [0.25, 0.3) is 0 Å². The second-order valence-electron chi connectivity index (χ2n) is 3.84. The number of aromatic nitrogens is 1. The van der Waals surface area contributed by atoms with Gasteiger partial charge in [-0.15, -0.1) is 0 Å². The Hall–Kier alpha value is -1.49. The van der Waals surface area contributed by atoms with Gasteiger partial charge in [0, 0.05) is 11.8 Å². The normalized spacial score (nSPS) is 12.2. The molecule has 94 valence electrons. The average Bonchev–Trinajstić information content (AvgIpc) is 2.32. The first kappa shape index (κ1) is 13.0. The van der Waals surface area contributed by atoms with Crippen LogP contribution in [0.15, 0.2) is 41.1 Å². The number of nitrogens with one attached hydrogen (secondary N) is 1. The Balaban J connectivity index is 2.28. The van der Waals surface area contributed by atoms with Gasteiger partial charge in [-0.3, -0.25) is 0 Å². The Bertz CT molecular complexity index is 540. The molecule has 1 unspecified atom stereocenters. The summed E-state index contributed by atoms with van der Waals surface area (Å²) in [5, 5.41) is 3.02. The molecule has 5 heteroatoms. The second kappa shape index (κ2) is 5.44. The maximum absolute atomic E-state index is 13.6. The fourth-order valence-corrected chi connectivity index (χ4v) is 2.09. The van der Waals surface area contributed by atoms with E-state index in [0.717, 1.165) is 0 Å². The van der Waals surface area contributed by atoms with Crippen LogP contribution in [0.4, 0.5) is 14.5 Å². The van der Waals surface area contributed by atoms with E-state index >= 15 is 0 Å². The molecule has 0 bridgehead atoms. The molecule has 2 rings (SSSR count). The first-order valence-electron chi connectivity index (χ1n) is 5.40. The number of hydrogen-bond acceptors (Lipinski definition) is 2. The minimum Gasteiger partial charge on any atom is -0.376 e. The smallest absolute Gasteiger partial charge is 0.131 e. The van der Waals surface area contributed by atoms with Gasteiger partial charge in [-0.1, -0.05) is 6.07 Å². The van der Waals surface area contributed by atoms with Crippen molar-refractivity contribution in [3.05, 3.63) is 58.3 Å². The highest BCUT2D eigenvalue weighted by molar-refractivity contribution is 9.10. The SMILES string of the molecule is CC(Nc1cccnc1Br)c1c(F)cccc1F. The molecule has 0 spiro atoms. The van der Waals surface area contributed by atoms with Crippen molar-refractivity contribution in [2.75, 3.05) is 5.32 Å². The lowest BCUT2D eigenvalue weighted by Gasteiger charge is -2.17. The number of halogens is 3. The van der Waals surface area contributed by atoms with Crippen molar-refractivity contribution in [1.82, 2.24) is 4.98 Å². The first-order chi connectivity index (χ1) is 8.59. The van der Waals surface area contributed by atoms with Crippen molar-refractivity contribution in [2.24, 2.45) is 0 Å². The molecule has 0 radical (unpaired) electrons. The van der Waals surface area contributed by atoms with E-state index in [2.05, 4.69) is 26.2 Å². The summed E-state index contributed by atoms with van der Waals surface area (Å²) in [4.78, 5) is 4.04. The molecule has 0 aliphatic heterocycles. The van der Waals surface area contributed by atoms with Gasteiger partial charge in [0.25, 0.3) is 0 Å². The molecule has 1 atom stereocenters. The molecule has 0 fully saturated rings. The molecular formula is C13H11BrF2N2. The van der Waals surface area contributed by atoms with Crippen LogP contribution in [-0.4, -0.2) is 4.98 Å². The molecule has 1 heterocycles. The van der Waals surface area contributed by atoms with E-state index in [0.29, 0.717) is 10.3 Å². The Morgan fingerprint density at radius 2 is 1.83 bits per heavy atom. The highest BCUT2D eigenvalue weighted by atomic mass is 79.9. The van der Waals surface area contributed by atoms with Crippen LogP contribution in [0.2, 0.25) is 0 Å². The summed E-state index contributed by atoms with van der Waals surface area (Å²) in [6.45, 7) is 1.70. The topological polar surface area (TPSA) is 24.9 Å². The maximum Gasteiger partial charge on any atom is 0.131 e. The van der Waals surface area contributed by atoms with E-state index < -0.39 is 17.7 Å². The van der Waals surface area contributed by atoms with Crippen LogP contribution in [0.3, 0.4) is 0 Å². The van der Waals surface area contributed by atoms with Crippen molar-refractivity contribution in [3.63, 3.8) is 0 Å². The van der Waals surface area contributed by atoms with Gasteiger partial charge < -0.3 is 5.32 Å². The monoisotopic (exact) mass is 312 g/mol. The highest BCUT2D eigenvalue weighted by Gasteiger charge is 2.16. The average molecular weight is 313 g/mol. The number of benzene rings is 1. The predicted molar refractivity (Wildman–Crippen MR) is 70.3 cm³/mol. The Kier molecular flexibility index (Phi) is 3.91. The van der Waals surface area contributed by atoms with E-state index in [9.17, 15) is 8.78 Å². The van der Waals surface area contributed by atoms with Crippen molar-refractivity contribution >= 4 is 21.6 Å². The fourth-order valence-electron chi connectivity index (χ4n) is 1.72. The quantitative estimate of drug-likeness (QED) is 0.855. The van der Waals surface area contributed by atoms with Crippen molar-refractivity contribution in [1.29, 1.82) is 0 Å². The Labute approximate surface area is 112 Å². The fraction of sp³-hybridized carbons (Fsp3) is 0.154. The standard InChI is InChI=1S/C13H11BrF2N2/c1-8(12-9(15)4-2-5-10(12)16)18-11-6-3-7-17-13(11)14/h2-8,18H,1H3. The molecule has 1 aromatic heterocycles. The zero-order chi connectivity index (χ0) is 13.1. The van der Waals surface area contributed by atoms with Gasteiger partial charge in [-0.05, 0) is 47.1 Å². The maximum atomic E-state index is 13.6. The third kappa shape index (κ3) is 2.67. The summed E-state index contributed by atoms with van der Waals surface area (Å²) >= 11 is 3.27. The van der Waals surface area contributed by atoms with Gasteiger partial charge in [0.15, 0.2) is 0 Å². The van der Waals surface area contributed by atoms with E-state index in [1.54, 1.807) is 25.3 Å². The number of rotatable bonds is 3. The predicted octanol–water partition coefficient (Wildman–Crippen LogP) is 4.30. The highest BCUT2D eigenvalue weighted by Crippen LogP contribution is 2.27. The van der Waals surface area contributed by atoms with E-state index in [-0.39, 0.29) is 5.56 Å². The summed E-state index contributed by atoms with van der Waals surface area (Å²) in [5.74, 6) is -1.12. The summed E-state index contributed by atoms with van der Waals surface area (Å²) < 4.78 is 27.8. The zero-order valence-electron chi connectivity index (χ0n) is 9.62. The van der Waals surface area contributed by atoms with Crippen molar-refractivity contribution in [3.8, 4) is 0 Å². The number of nitrogens with zero attached hydrogens (tertiary/aromatic N) is 1. The molecule has 0 saturated heterocycles. The van der Waals surface area contributed by atoms with Crippen molar-refractivity contribution < 1.29 is 8.78 Å². The molecule has 0 aliphatic carbocycles. The van der Waals surface area contributed by atoms with Crippen LogP contribution in [0.5, 0.6) is 0 Å². The molecule has 2 nitrogen and oxygen atoms in total. The third-order valence-electron chi connectivity index (χ3n) is 2.56. The van der Waals surface area contributed by atoms with Crippen LogP contribution < -0.4 is 5.32 Å². The lowest BCUT2D eigenvalue weighted by atomic mass is 10.1. The molecule has 18 heavy (non-hydrogen) atoms. The van der Waals surface area contributed by atoms with Crippen LogP contribution in [0.1, 0.15) is 18.5 Å². The lowest BCUT2D eigenvalue weighted by molar-refractivity contribution is 0.544. The molecular weight excluding hydrogens is 302 g/mol. The number of hydrogen-bond donors (Lipinski definition) is 1. The summed E-state index contributed by atoms with van der Waals surface area (Å²) in [7, 11) is 0. The van der Waals surface area contributed by atoms with Gasteiger partial charge in [0.1, 0.15) is 16.2 Å². The van der Waals surface area contributed by atoms with Gasteiger partial charge in [0.05, 0.1) is 11.7 Å². The minimum absolute atomic E-state index is 0.0215. The largest absolute Gasteiger partial charge is 0.376 e. The van der Waals surface area contributed by atoms with E-state index in [1.807, 2.05) is 0 Å². The molecule has 0 saturated carbocycles. The van der Waals surface area contributed by atoms with Gasteiger partial charge in [0.2, 0.25) is 0 Å².